The summed E-state index contributed by atoms with van der Waals surface area (Å²) in [7, 11) is -1.51. The molecule has 3 aliphatic heterocycles. The molecule has 2 N–H and O–H groups in total. The highest BCUT2D eigenvalue weighted by Crippen LogP contribution is 2.66. The third-order valence-corrected chi connectivity index (χ3v) is 11.2. The van der Waals surface area contributed by atoms with Crippen molar-refractivity contribution < 1.29 is 13.2 Å². The number of hydrogen-bond donors (Lipinski definition) is 2. The van der Waals surface area contributed by atoms with Crippen LogP contribution in [0.25, 0.3) is 0 Å². The zero-order valence-corrected chi connectivity index (χ0v) is 20.9. The van der Waals surface area contributed by atoms with Crippen molar-refractivity contribution in [2.24, 2.45) is 11.8 Å². The Labute approximate surface area is 202 Å². The number of fused-ring (bicyclic) bond motifs is 3. The molecule has 4 fully saturated rings. The lowest BCUT2D eigenvalue weighted by atomic mass is 9.86. The molecule has 2 bridgehead atoms. The van der Waals surface area contributed by atoms with Crippen molar-refractivity contribution in [3.63, 3.8) is 0 Å². The summed E-state index contributed by atoms with van der Waals surface area (Å²) in [6.45, 7) is 2.28. The number of urea groups is 1. The third-order valence-electron chi connectivity index (χ3n) is 9.76. The lowest BCUT2D eigenvalue weighted by molar-refractivity contribution is -0.0333. The van der Waals surface area contributed by atoms with Gasteiger partial charge in [0.2, 0.25) is 10.0 Å². The predicted molar refractivity (Wildman–Crippen MR) is 132 cm³/mol. The number of sulfonamides is 1. The van der Waals surface area contributed by atoms with Crippen LogP contribution in [-0.4, -0.2) is 67.8 Å². The van der Waals surface area contributed by atoms with Crippen molar-refractivity contribution in [3.8, 4) is 0 Å². The van der Waals surface area contributed by atoms with Gasteiger partial charge in [-0.1, -0.05) is 6.07 Å². The molecule has 1 spiro atoms. The second-order valence-electron chi connectivity index (χ2n) is 12.1. The number of likely N-dealkylation sites (N-methyl/N-ethyl adjacent to an activating group) is 1. The summed E-state index contributed by atoms with van der Waals surface area (Å²) in [6.07, 6.45) is 10.6. The van der Waals surface area contributed by atoms with E-state index >= 15 is 0 Å². The Morgan fingerprint density at radius 1 is 1.03 bits per heavy atom. The van der Waals surface area contributed by atoms with E-state index in [4.69, 9.17) is 0 Å². The number of anilines is 1. The molecule has 34 heavy (non-hydrogen) atoms. The number of nitrogens with one attached hydrogen (secondary N) is 2. The number of hydrogen-bond acceptors (Lipinski definition) is 5. The fourth-order valence-electron chi connectivity index (χ4n) is 8.56. The molecule has 1 aromatic rings. The number of likely N-dealkylation sites (tertiary alicyclic amines) is 1. The van der Waals surface area contributed by atoms with Crippen molar-refractivity contribution >= 4 is 21.7 Å². The maximum absolute atomic E-state index is 13.1. The fraction of sp³-hybridized carbons (Fsp3) is 0.731. The Morgan fingerprint density at radius 2 is 1.74 bits per heavy atom. The van der Waals surface area contributed by atoms with Crippen LogP contribution in [0.15, 0.2) is 6.07 Å². The van der Waals surface area contributed by atoms with E-state index in [2.05, 4.69) is 33.0 Å². The zero-order chi connectivity index (χ0) is 23.2. The number of rotatable bonds is 5. The summed E-state index contributed by atoms with van der Waals surface area (Å²) in [5.41, 5.74) is 6.25. The standard InChI is InChI=1S/C26H36N4O3S/c1-29-13-21(14-29)30-20-8-16(11-26(30)12-19(26)10-20)15-34(32,33)28-25(31)27-24-22-6-2-4-17(22)9-18-5-3-7-23(18)24/h9,16,19-21H,2-8,10-15H2,1H3,(H2,27,28,31)/t16-,19?,20-,26?/m0/s1. The quantitative estimate of drug-likeness (QED) is 0.672. The molecule has 3 heterocycles. The lowest BCUT2D eigenvalue weighted by Gasteiger charge is -2.52. The summed E-state index contributed by atoms with van der Waals surface area (Å²) >= 11 is 0. The van der Waals surface area contributed by atoms with Gasteiger partial charge in [0.1, 0.15) is 0 Å². The van der Waals surface area contributed by atoms with Crippen molar-refractivity contribution in [2.75, 3.05) is 31.2 Å². The van der Waals surface area contributed by atoms with E-state index in [1.54, 1.807) is 0 Å². The molecule has 2 unspecified atom stereocenters. The van der Waals surface area contributed by atoms with Gasteiger partial charge in [-0.25, -0.2) is 17.9 Å². The van der Waals surface area contributed by atoms with Gasteiger partial charge in [-0.05, 0) is 105 Å². The average molecular weight is 485 g/mol. The Hall–Kier alpha value is -1.64. The number of amides is 2. The van der Waals surface area contributed by atoms with Gasteiger partial charge in [-0.2, -0.15) is 0 Å². The lowest BCUT2D eigenvalue weighted by Crippen LogP contribution is -2.64. The molecule has 8 heteroatoms. The van der Waals surface area contributed by atoms with Crippen molar-refractivity contribution in [3.05, 3.63) is 28.3 Å². The van der Waals surface area contributed by atoms with Crippen molar-refractivity contribution in [1.82, 2.24) is 14.5 Å². The van der Waals surface area contributed by atoms with Crippen molar-refractivity contribution in [1.29, 1.82) is 0 Å². The minimum Gasteiger partial charge on any atom is -0.307 e. The molecular weight excluding hydrogens is 448 g/mol. The van der Waals surface area contributed by atoms with E-state index in [0.29, 0.717) is 12.1 Å². The first-order chi connectivity index (χ1) is 16.3. The maximum Gasteiger partial charge on any atom is 0.332 e. The minimum absolute atomic E-state index is 0.0643. The second kappa shape index (κ2) is 7.43. The molecule has 184 valence electrons. The molecule has 0 aromatic heterocycles. The molecule has 4 atom stereocenters. The number of nitrogens with zero attached hydrogens (tertiary/aromatic N) is 2. The zero-order valence-electron chi connectivity index (χ0n) is 20.1. The van der Waals surface area contributed by atoms with Crippen LogP contribution in [-0.2, 0) is 35.7 Å². The van der Waals surface area contributed by atoms with E-state index in [1.165, 1.54) is 35.1 Å². The van der Waals surface area contributed by atoms with E-state index in [-0.39, 0.29) is 17.2 Å². The van der Waals surface area contributed by atoms with Gasteiger partial charge in [0.05, 0.1) is 5.75 Å². The van der Waals surface area contributed by atoms with Gasteiger partial charge in [0, 0.05) is 36.4 Å². The number of aryl methyl sites for hydroxylation is 2. The molecule has 3 aliphatic carbocycles. The molecule has 2 amide bonds. The molecule has 7 nitrogen and oxygen atoms in total. The summed E-state index contributed by atoms with van der Waals surface area (Å²) in [4.78, 5) is 18.0. The topological polar surface area (TPSA) is 81.8 Å². The average Bonchev–Trinajstić information content (AvgIpc) is 3.11. The van der Waals surface area contributed by atoms with Gasteiger partial charge in [0.25, 0.3) is 0 Å². The Balaban J connectivity index is 1.02. The number of carbonyl (C=O) groups excluding carboxylic acids is 1. The van der Waals surface area contributed by atoms with Gasteiger partial charge >= 0.3 is 6.03 Å². The summed E-state index contributed by atoms with van der Waals surface area (Å²) in [5, 5.41) is 2.98. The second-order valence-corrected chi connectivity index (χ2v) is 13.8. The van der Waals surface area contributed by atoms with Crippen LogP contribution < -0.4 is 10.0 Å². The Morgan fingerprint density at radius 3 is 2.38 bits per heavy atom. The third kappa shape index (κ3) is 3.35. The minimum atomic E-state index is -3.68. The van der Waals surface area contributed by atoms with Crippen LogP contribution in [0.3, 0.4) is 0 Å². The first-order valence-corrected chi connectivity index (χ1v) is 14.9. The predicted octanol–water partition coefficient (Wildman–Crippen LogP) is 2.67. The van der Waals surface area contributed by atoms with Crippen molar-refractivity contribution in [2.45, 2.75) is 81.8 Å². The van der Waals surface area contributed by atoms with E-state index in [9.17, 15) is 13.2 Å². The molecule has 6 aliphatic rings. The van der Waals surface area contributed by atoms with Crippen LogP contribution in [0, 0.1) is 11.8 Å². The van der Waals surface area contributed by atoms with Crippen LogP contribution in [0.5, 0.6) is 0 Å². The first kappa shape index (κ1) is 21.6. The number of carbonyl (C=O) groups is 1. The van der Waals surface area contributed by atoms with E-state index in [0.717, 1.165) is 76.1 Å². The highest BCUT2D eigenvalue weighted by molar-refractivity contribution is 7.90. The monoisotopic (exact) mass is 484 g/mol. The molecule has 1 aromatic carbocycles. The SMILES string of the molecule is CN1CC(N2[C@@H]3CC4CC42C[C@@H](CS(=O)(=O)NC(=O)Nc2c4c(cc5c2CCC5)CCC4)C3)C1. The van der Waals surface area contributed by atoms with Crippen LogP contribution in [0.2, 0.25) is 0 Å². The largest absolute Gasteiger partial charge is 0.332 e. The summed E-state index contributed by atoms with van der Waals surface area (Å²) < 4.78 is 28.5. The molecule has 3 saturated heterocycles. The highest BCUT2D eigenvalue weighted by atomic mass is 32.2. The molecule has 1 saturated carbocycles. The number of piperidine rings is 2. The maximum atomic E-state index is 13.1. The molecular formula is C26H36N4O3S. The van der Waals surface area contributed by atoms with E-state index in [1.807, 2.05) is 0 Å². The highest BCUT2D eigenvalue weighted by Gasteiger charge is 2.69. The van der Waals surface area contributed by atoms with Gasteiger partial charge in [-0.15, -0.1) is 0 Å². The van der Waals surface area contributed by atoms with Gasteiger partial charge in [-0.3, -0.25) is 4.90 Å². The first-order valence-electron chi connectivity index (χ1n) is 13.3. The number of benzene rings is 1. The normalized spacial score (nSPS) is 34.3. The molecule has 0 radical (unpaired) electrons. The van der Waals surface area contributed by atoms with Gasteiger partial charge in [0.15, 0.2) is 0 Å². The van der Waals surface area contributed by atoms with Crippen LogP contribution in [0.1, 0.15) is 60.8 Å². The van der Waals surface area contributed by atoms with E-state index < -0.39 is 16.1 Å². The Bertz CT molecular complexity index is 1130. The van der Waals surface area contributed by atoms with Gasteiger partial charge < -0.3 is 10.2 Å². The van der Waals surface area contributed by atoms with Crippen LogP contribution in [0.4, 0.5) is 10.5 Å². The smallest absolute Gasteiger partial charge is 0.307 e. The Kier molecular flexibility index (Phi) is 4.73. The molecule has 7 rings (SSSR count). The fourth-order valence-corrected chi connectivity index (χ4v) is 9.85. The summed E-state index contributed by atoms with van der Waals surface area (Å²) in [5.74, 6) is 0.964. The van der Waals surface area contributed by atoms with Crippen LogP contribution >= 0.6 is 0 Å². The summed E-state index contributed by atoms with van der Waals surface area (Å²) in [6, 6.07) is 2.90.